The smallest absolute Gasteiger partial charge is 0.128 e. The monoisotopic (exact) mass is 262 g/mol. The lowest BCUT2D eigenvalue weighted by atomic mass is 10.1. The van der Waals surface area contributed by atoms with Crippen LogP contribution in [0.1, 0.15) is 23.7 Å². The Hall–Kier alpha value is -2.04. The van der Waals surface area contributed by atoms with Crippen LogP contribution in [-0.4, -0.2) is 9.78 Å². The van der Waals surface area contributed by atoms with Gasteiger partial charge in [0.05, 0.1) is 17.1 Å². The summed E-state index contributed by atoms with van der Waals surface area (Å²) in [5, 5.41) is 7.62. The van der Waals surface area contributed by atoms with E-state index in [0.29, 0.717) is 17.8 Å². The van der Waals surface area contributed by atoms with Crippen LogP contribution in [0.3, 0.4) is 0 Å². The van der Waals surface area contributed by atoms with Gasteiger partial charge in [0.2, 0.25) is 0 Å². The van der Waals surface area contributed by atoms with Crippen molar-refractivity contribution in [1.29, 1.82) is 0 Å². The first-order valence-corrected chi connectivity index (χ1v) is 6.32. The highest BCUT2D eigenvalue weighted by Crippen LogP contribution is 2.23. The van der Waals surface area contributed by atoms with Crippen molar-refractivity contribution in [3.05, 3.63) is 41.0 Å². The molecule has 4 nitrogen and oxygen atoms in total. The molecule has 2 aromatic rings. The van der Waals surface area contributed by atoms with Crippen molar-refractivity contribution in [3.63, 3.8) is 0 Å². The molecule has 0 radical (unpaired) electrons. The maximum Gasteiger partial charge on any atom is 0.128 e. The van der Waals surface area contributed by atoms with Gasteiger partial charge >= 0.3 is 0 Å². The van der Waals surface area contributed by atoms with Crippen LogP contribution in [-0.2, 0) is 20.0 Å². The van der Waals surface area contributed by atoms with E-state index < -0.39 is 0 Å². The highest BCUT2D eigenvalue weighted by Gasteiger charge is 2.08. The van der Waals surface area contributed by atoms with E-state index in [1.165, 1.54) is 6.07 Å². The van der Waals surface area contributed by atoms with Crippen molar-refractivity contribution < 1.29 is 4.39 Å². The minimum absolute atomic E-state index is 0.279. The van der Waals surface area contributed by atoms with E-state index in [2.05, 4.69) is 17.3 Å². The Labute approximate surface area is 112 Å². The number of aryl methyl sites for hydroxylation is 3. The molecule has 0 aliphatic carbocycles. The van der Waals surface area contributed by atoms with Gasteiger partial charge in [0.25, 0.3) is 0 Å². The molecule has 1 heterocycles. The third-order valence-electron chi connectivity index (χ3n) is 3.13. The van der Waals surface area contributed by atoms with Gasteiger partial charge in [-0.15, -0.1) is 0 Å². The summed E-state index contributed by atoms with van der Waals surface area (Å²) in [5.74, 6) is -0.279. The number of nitrogens with two attached hydrogens (primary N) is 1. The molecule has 0 spiro atoms. The number of nitrogens with one attached hydrogen (secondary N) is 1. The number of benzene rings is 1. The molecule has 0 amide bonds. The average Bonchev–Trinajstić information content (AvgIpc) is 2.72. The maximum atomic E-state index is 13.3. The van der Waals surface area contributed by atoms with Crippen LogP contribution in [0.15, 0.2) is 18.3 Å². The summed E-state index contributed by atoms with van der Waals surface area (Å²) in [6.45, 7) is 4.43. The molecule has 2 rings (SSSR count). The Bertz CT molecular complexity index is 589. The normalized spacial score (nSPS) is 10.7. The molecule has 0 saturated heterocycles. The van der Waals surface area contributed by atoms with E-state index in [0.717, 1.165) is 23.4 Å². The first-order valence-electron chi connectivity index (χ1n) is 6.32. The van der Waals surface area contributed by atoms with Gasteiger partial charge in [-0.25, -0.2) is 4.39 Å². The Balaban J connectivity index is 2.16. The van der Waals surface area contributed by atoms with E-state index in [-0.39, 0.29) is 5.82 Å². The molecule has 0 aliphatic heterocycles. The Kier molecular flexibility index (Phi) is 3.74. The number of hydrogen-bond acceptors (Lipinski definition) is 3. The second-order valence-electron chi connectivity index (χ2n) is 4.67. The largest absolute Gasteiger partial charge is 0.397 e. The van der Waals surface area contributed by atoms with Crippen LogP contribution in [0.25, 0.3) is 0 Å². The van der Waals surface area contributed by atoms with Gasteiger partial charge in [0.15, 0.2) is 0 Å². The molecule has 0 saturated carbocycles. The molecule has 1 aromatic heterocycles. The number of hydrogen-bond donors (Lipinski definition) is 2. The summed E-state index contributed by atoms with van der Waals surface area (Å²) in [6.07, 6.45) is 2.87. The molecule has 19 heavy (non-hydrogen) atoms. The van der Waals surface area contributed by atoms with Gasteiger partial charge in [-0.05, 0) is 31.0 Å². The molecule has 0 fully saturated rings. The standard InChI is InChI=1S/C14H19FN4/c1-4-13-10(8-19(3)18-13)7-17-14-5-9(2)11(15)6-12(14)16/h5-6,8,17H,4,7,16H2,1-3H3. The van der Waals surface area contributed by atoms with Gasteiger partial charge in [0, 0.05) is 25.4 Å². The van der Waals surface area contributed by atoms with Crippen LogP contribution in [0, 0.1) is 12.7 Å². The number of aromatic nitrogens is 2. The molecule has 0 aliphatic rings. The molecule has 1 aromatic carbocycles. The molecular formula is C14H19FN4. The van der Waals surface area contributed by atoms with Gasteiger partial charge in [-0.3, -0.25) is 4.68 Å². The summed E-state index contributed by atoms with van der Waals surface area (Å²) in [7, 11) is 1.90. The fourth-order valence-corrected chi connectivity index (χ4v) is 2.07. The number of nitrogen functional groups attached to an aromatic ring is 1. The summed E-state index contributed by atoms with van der Waals surface area (Å²) >= 11 is 0. The zero-order chi connectivity index (χ0) is 14.0. The molecule has 0 bridgehead atoms. The second kappa shape index (κ2) is 5.30. The van der Waals surface area contributed by atoms with E-state index in [1.54, 1.807) is 17.7 Å². The topological polar surface area (TPSA) is 55.9 Å². The lowest BCUT2D eigenvalue weighted by Crippen LogP contribution is -2.04. The lowest BCUT2D eigenvalue weighted by molar-refractivity contribution is 0.619. The summed E-state index contributed by atoms with van der Waals surface area (Å²) in [5.41, 5.74) is 9.76. The van der Waals surface area contributed by atoms with E-state index in [9.17, 15) is 4.39 Å². The first kappa shape index (κ1) is 13.4. The van der Waals surface area contributed by atoms with Gasteiger partial charge in [0.1, 0.15) is 5.82 Å². The highest BCUT2D eigenvalue weighted by molar-refractivity contribution is 5.67. The molecular weight excluding hydrogens is 243 g/mol. The fourth-order valence-electron chi connectivity index (χ4n) is 2.07. The summed E-state index contributed by atoms with van der Waals surface area (Å²) < 4.78 is 15.1. The SMILES string of the molecule is CCc1nn(C)cc1CNc1cc(C)c(F)cc1N. The molecule has 3 N–H and O–H groups in total. The zero-order valence-electron chi connectivity index (χ0n) is 11.5. The maximum absolute atomic E-state index is 13.3. The van der Waals surface area contributed by atoms with Crippen molar-refractivity contribution in [2.45, 2.75) is 26.8 Å². The zero-order valence-corrected chi connectivity index (χ0v) is 11.5. The van der Waals surface area contributed by atoms with Crippen LogP contribution in [0.5, 0.6) is 0 Å². The minimum atomic E-state index is -0.279. The van der Waals surface area contributed by atoms with Crippen LogP contribution in [0.4, 0.5) is 15.8 Å². The number of anilines is 2. The van der Waals surface area contributed by atoms with Crippen molar-refractivity contribution in [2.24, 2.45) is 7.05 Å². The van der Waals surface area contributed by atoms with Crippen LogP contribution >= 0.6 is 0 Å². The summed E-state index contributed by atoms with van der Waals surface area (Å²) in [4.78, 5) is 0. The Morgan fingerprint density at radius 3 is 2.84 bits per heavy atom. The molecule has 0 unspecified atom stereocenters. The van der Waals surface area contributed by atoms with Crippen molar-refractivity contribution in [1.82, 2.24) is 9.78 Å². The highest BCUT2D eigenvalue weighted by atomic mass is 19.1. The predicted molar refractivity (Wildman–Crippen MR) is 75.5 cm³/mol. The molecule has 5 heteroatoms. The average molecular weight is 262 g/mol. The second-order valence-corrected chi connectivity index (χ2v) is 4.67. The van der Waals surface area contributed by atoms with Crippen molar-refractivity contribution >= 4 is 11.4 Å². The number of nitrogens with zero attached hydrogens (tertiary/aromatic N) is 2. The molecule has 0 atom stereocenters. The first-order chi connectivity index (χ1) is 9.01. The number of rotatable bonds is 4. The number of halogens is 1. The van der Waals surface area contributed by atoms with E-state index >= 15 is 0 Å². The van der Waals surface area contributed by atoms with E-state index in [1.807, 2.05) is 13.2 Å². The minimum Gasteiger partial charge on any atom is -0.397 e. The van der Waals surface area contributed by atoms with Gasteiger partial charge < -0.3 is 11.1 Å². The quantitative estimate of drug-likeness (QED) is 0.833. The van der Waals surface area contributed by atoms with Crippen LogP contribution in [0.2, 0.25) is 0 Å². The molecule has 102 valence electrons. The lowest BCUT2D eigenvalue weighted by Gasteiger charge is -2.10. The third-order valence-corrected chi connectivity index (χ3v) is 3.13. The summed E-state index contributed by atoms with van der Waals surface area (Å²) in [6, 6.07) is 3.08. The van der Waals surface area contributed by atoms with Crippen molar-refractivity contribution in [3.8, 4) is 0 Å². The van der Waals surface area contributed by atoms with Crippen molar-refractivity contribution in [2.75, 3.05) is 11.1 Å². The Morgan fingerprint density at radius 2 is 2.16 bits per heavy atom. The predicted octanol–water partition coefficient (Wildman–Crippen LogP) is 2.62. The van der Waals surface area contributed by atoms with Gasteiger partial charge in [-0.2, -0.15) is 5.10 Å². The Morgan fingerprint density at radius 1 is 1.42 bits per heavy atom. The third kappa shape index (κ3) is 2.86. The van der Waals surface area contributed by atoms with Gasteiger partial charge in [-0.1, -0.05) is 6.92 Å². The fraction of sp³-hybridized carbons (Fsp3) is 0.357. The van der Waals surface area contributed by atoms with Crippen LogP contribution < -0.4 is 11.1 Å². The van der Waals surface area contributed by atoms with E-state index in [4.69, 9.17) is 5.73 Å².